The number of carbonyl (C=O) groups is 1. The number of ether oxygens (including phenoxy) is 2. The SMILES string of the molecule is O=C(C(Cc1ccccc1)NS(=O)(=O)c1ccc(F)cc1)N1CCN(Cc2ccc3c(c2)OCO3)CC1. The van der Waals surface area contributed by atoms with Crippen LogP contribution in [0, 0.1) is 5.82 Å². The molecule has 1 N–H and O–H groups in total. The van der Waals surface area contributed by atoms with Gasteiger partial charge >= 0.3 is 0 Å². The summed E-state index contributed by atoms with van der Waals surface area (Å²) in [5.74, 6) is 0.668. The molecule has 1 atom stereocenters. The Morgan fingerprint density at radius 2 is 1.59 bits per heavy atom. The predicted molar refractivity (Wildman–Crippen MR) is 135 cm³/mol. The standard InChI is InChI=1S/C27H28FN3O5S/c28-22-7-9-23(10-8-22)37(33,34)29-24(16-20-4-2-1-3-5-20)27(32)31-14-12-30(13-15-31)18-21-6-11-25-26(17-21)36-19-35-25/h1-11,17,24,29H,12-16,18-19H2. The smallest absolute Gasteiger partial charge is 0.241 e. The topological polar surface area (TPSA) is 88.2 Å². The molecule has 2 aliphatic rings. The van der Waals surface area contributed by atoms with Gasteiger partial charge in [0.1, 0.15) is 11.9 Å². The van der Waals surface area contributed by atoms with Crippen LogP contribution in [0.1, 0.15) is 11.1 Å². The molecule has 0 aliphatic carbocycles. The number of amides is 1. The van der Waals surface area contributed by atoms with Crippen LogP contribution in [0.3, 0.4) is 0 Å². The van der Waals surface area contributed by atoms with E-state index < -0.39 is 21.9 Å². The minimum atomic E-state index is -4.03. The first-order valence-electron chi connectivity index (χ1n) is 12.1. The van der Waals surface area contributed by atoms with Crippen molar-refractivity contribution in [2.24, 2.45) is 0 Å². The molecule has 3 aromatic rings. The summed E-state index contributed by atoms with van der Waals surface area (Å²) in [6, 6.07) is 18.7. The van der Waals surface area contributed by atoms with Crippen molar-refractivity contribution in [3.05, 3.63) is 89.7 Å². The molecule has 2 heterocycles. The van der Waals surface area contributed by atoms with Crippen molar-refractivity contribution in [3.63, 3.8) is 0 Å². The van der Waals surface area contributed by atoms with Crippen LogP contribution in [0.2, 0.25) is 0 Å². The fraction of sp³-hybridized carbons (Fsp3) is 0.296. The number of sulfonamides is 1. The molecule has 194 valence electrons. The van der Waals surface area contributed by atoms with Crippen molar-refractivity contribution in [2.45, 2.75) is 23.9 Å². The first kappa shape index (κ1) is 25.2. The molecule has 0 saturated carbocycles. The molecular weight excluding hydrogens is 497 g/mol. The minimum Gasteiger partial charge on any atom is -0.454 e. The van der Waals surface area contributed by atoms with Gasteiger partial charge in [-0.1, -0.05) is 36.4 Å². The van der Waals surface area contributed by atoms with E-state index in [2.05, 4.69) is 9.62 Å². The molecule has 0 spiro atoms. The summed E-state index contributed by atoms with van der Waals surface area (Å²) >= 11 is 0. The zero-order chi connectivity index (χ0) is 25.8. The van der Waals surface area contributed by atoms with Crippen molar-refractivity contribution in [1.29, 1.82) is 0 Å². The van der Waals surface area contributed by atoms with Crippen LogP contribution in [0.5, 0.6) is 11.5 Å². The number of carbonyl (C=O) groups excluding carboxylic acids is 1. The lowest BCUT2D eigenvalue weighted by molar-refractivity contribution is -0.134. The number of hydrogen-bond acceptors (Lipinski definition) is 6. The molecule has 0 bridgehead atoms. The summed E-state index contributed by atoms with van der Waals surface area (Å²) in [5.41, 5.74) is 1.93. The van der Waals surface area contributed by atoms with E-state index in [0.717, 1.165) is 34.8 Å². The Morgan fingerprint density at radius 3 is 2.32 bits per heavy atom. The Hall–Kier alpha value is -3.47. The van der Waals surface area contributed by atoms with E-state index in [4.69, 9.17) is 9.47 Å². The number of benzene rings is 3. The average Bonchev–Trinajstić information content (AvgIpc) is 3.37. The van der Waals surface area contributed by atoms with Gasteiger partial charge in [-0.25, -0.2) is 12.8 Å². The second-order valence-corrected chi connectivity index (χ2v) is 10.8. The highest BCUT2D eigenvalue weighted by Gasteiger charge is 2.31. The van der Waals surface area contributed by atoms with Crippen molar-refractivity contribution in [1.82, 2.24) is 14.5 Å². The zero-order valence-corrected chi connectivity index (χ0v) is 21.0. The van der Waals surface area contributed by atoms with E-state index in [9.17, 15) is 17.6 Å². The second-order valence-electron chi connectivity index (χ2n) is 9.11. The number of rotatable bonds is 8. The largest absolute Gasteiger partial charge is 0.454 e. The molecule has 10 heteroatoms. The number of halogens is 1. The Morgan fingerprint density at radius 1 is 0.892 bits per heavy atom. The van der Waals surface area contributed by atoms with E-state index in [0.29, 0.717) is 32.7 Å². The number of nitrogens with zero attached hydrogens (tertiary/aromatic N) is 2. The van der Waals surface area contributed by atoms with Crippen LogP contribution in [-0.2, 0) is 27.8 Å². The van der Waals surface area contributed by atoms with Gasteiger partial charge < -0.3 is 14.4 Å². The lowest BCUT2D eigenvalue weighted by Crippen LogP contribution is -2.55. The Bertz CT molecular complexity index is 1340. The highest BCUT2D eigenvalue weighted by Crippen LogP contribution is 2.32. The number of fused-ring (bicyclic) bond motifs is 1. The molecule has 3 aromatic carbocycles. The van der Waals surface area contributed by atoms with Gasteiger partial charge in [0, 0.05) is 32.7 Å². The van der Waals surface area contributed by atoms with E-state index in [1.165, 1.54) is 12.1 Å². The maximum absolute atomic E-state index is 13.5. The van der Waals surface area contributed by atoms with Crippen LogP contribution >= 0.6 is 0 Å². The summed E-state index contributed by atoms with van der Waals surface area (Å²) in [5, 5.41) is 0. The molecule has 2 aliphatic heterocycles. The third-order valence-corrected chi connectivity index (χ3v) is 8.02. The number of hydrogen-bond donors (Lipinski definition) is 1. The molecule has 1 fully saturated rings. The number of piperazine rings is 1. The molecule has 0 aromatic heterocycles. The maximum atomic E-state index is 13.5. The van der Waals surface area contributed by atoms with E-state index in [-0.39, 0.29) is 24.0 Å². The van der Waals surface area contributed by atoms with Crippen LogP contribution in [0.25, 0.3) is 0 Å². The molecule has 1 amide bonds. The summed E-state index contributed by atoms with van der Waals surface area (Å²) in [7, 11) is -4.03. The molecule has 1 saturated heterocycles. The quantitative estimate of drug-likeness (QED) is 0.487. The third kappa shape index (κ3) is 6.10. The summed E-state index contributed by atoms with van der Waals surface area (Å²) in [6.45, 7) is 3.21. The average molecular weight is 526 g/mol. The fourth-order valence-corrected chi connectivity index (χ4v) is 5.73. The van der Waals surface area contributed by atoms with Crippen LogP contribution < -0.4 is 14.2 Å². The lowest BCUT2D eigenvalue weighted by Gasteiger charge is -2.36. The van der Waals surface area contributed by atoms with Gasteiger partial charge in [0.25, 0.3) is 0 Å². The van der Waals surface area contributed by atoms with Crippen molar-refractivity contribution >= 4 is 15.9 Å². The van der Waals surface area contributed by atoms with Gasteiger partial charge in [0.05, 0.1) is 4.90 Å². The summed E-state index contributed by atoms with van der Waals surface area (Å²) in [4.78, 5) is 17.4. The summed E-state index contributed by atoms with van der Waals surface area (Å²) < 4.78 is 52.8. The molecule has 5 rings (SSSR count). The van der Waals surface area contributed by atoms with Crippen molar-refractivity contribution in [2.75, 3.05) is 33.0 Å². The molecule has 0 radical (unpaired) electrons. The first-order chi connectivity index (χ1) is 17.9. The monoisotopic (exact) mass is 525 g/mol. The predicted octanol–water partition coefficient (Wildman–Crippen LogP) is 2.79. The normalized spacial score (nSPS) is 16.5. The Balaban J connectivity index is 1.26. The van der Waals surface area contributed by atoms with Gasteiger partial charge in [0.2, 0.25) is 22.7 Å². The van der Waals surface area contributed by atoms with Gasteiger partial charge in [-0.15, -0.1) is 0 Å². The molecule has 37 heavy (non-hydrogen) atoms. The Labute approximate surface area is 215 Å². The van der Waals surface area contributed by atoms with Crippen LogP contribution in [0.15, 0.2) is 77.7 Å². The first-order valence-corrected chi connectivity index (χ1v) is 13.6. The van der Waals surface area contributed by atoms with E-state index >= 15 is 0 Å². The van der Waals surface area contributed by atoms with E-state index in [1.54, 1.807) is 4.90 Å². The van der Waals surface area contributed by atoms with Gasteiger partial charge in [0.15, 0.2) is 11.5 Å². The maximum Gasteiger partial charge on any atom is 0.241 e. The highest BCUT2D eigenvalue weighted by atomic mass is 32.2. The Kier molecular flexibility index (Phi) is 7.40. The second kappa shape index (κ2) is 10.9. The van der Waals surface area contributed by atoms with E-state index in [1.807, 2.05) is 48.5 Å². The van der Waals surface area contributed by atoms with Crippen molar-refractivity contribution in [3.8, 4) is 11.5 Å². The highest BCUT2D eigenvalue weighted by molar-refractivity contribution is 7.89. The van der Waals surface area contributed by atoms with Crippen LogP contribution in [0.4, 0.5) is 4.39 Å². The third-order valence-electron chi connectivity index (χ3n) is 6.53. The van der Waals surface area contributed by atoms with Crippen LogP contribution in [-0.4, -0.2) is 63.1 Å². The van der Waals surface area contributed by atoms with Crippen molar-refractivity contribution < 1.29 is 27.1 Å². The molecule has 1 unspecified atom stereocenters. The van der Waals surface area contributed by atoms with Gasteiger partial charge in [-0.3, -0.25) is 9.69 Å². The number of nitrogens with one attached hydrogen (secondary N) is 1. The van der Waals surface area contributed by atoms with Gasteiger partial charge in [-0.2, -0.15) is 4.72 Å². The zero-order valence-electron chi connectivity index (χ0n) is 20.2. The fourth-order valence-electron chi connectivity index (χ4n) is 4.54. The molecule has 8 nitrogen and oxygen atoms in total. The summed E-state index contributed by atoms with van der Waals surface area (Å²) in [6.07, 6.45) is 0.206. The van der Waals surface area contributed by atoms with Gasteiger partial charge in [-0.05, 0) is 53.9 Å². The minimum absolute atomic E-state index is 0.0895. The lowest BCUT2D eigenvalue weighted by atomic mass is 10.1. The molecular formula is C27H28FN3O5S.